The van der Waals surface area contributed by atoms with Crippen molar-refractivity contribution in [1.29, 1.82) is 0 Å². The van der Waals surface area contributed by atoms with Crippen molar-refractivity contribution >= 4 is 23.4 Å². The Morgan fingerprint density at radius 1 is 0.816 bits per heavy atom. The summed E-state index contributed by atoms with van der Waals surface area (Å²) in [5, 5.41) is 3.66. The average molecular weight is 527 g/mol. The van der Waals surface area contributed by atoms with Gasteiger partial charge >= 0.3 is 0 Å². The van der Waals surface area contributed by atoms with Gasteiger partial charge in [-0.3, -0.25) is 9.59 Å². The molecule has 0 saturated heterocycles. The number of rotatable bonds is 11. The standard InChI is InChI=1S/C32H31ClN2O3/c1-38-29-15-9-8-14-27(29)22-34-32(37)31(26-12-6-3-7-13-26)35(23-25-16-19-28(33)20-17-25)30(36)21-18-24-10-4-2-5-11-24/h2-17,19-20,31H,18,21-23H2,1H3,(H,34,37)/t31-/m1/s1. The number of aryl methyl sites for hydroxylation is 1. The molecular formula is C32H31ClN2O3. The Kier molecular flexibility index (Phi) is 9.54. The summed E-state index contributed by atoms with van der Waals surface area (Å²) >= 11 is 6.11. The lowest BCUT2D eigenvalue weighted by atomic mass is 10.0. The predicted molar refractivity (Wildman–Crippen MR) is 151 cm³/mol. The fourth-order valence-corrected chi connectivity index (χ4v) is 4.51. The summed E-state index contributed by atoms with van der Waals surface area (Å²) in [6.07, 6.45) is 0.863. The van der Waals surface area contributed by atoms with Gasteiger partial charge in [-0.25, -0.2) is 0 Å². The summed E-state index contributed by atoms with van der Waals surface area (Å²) in [7, 11) is 1.60. The summed E-state index contributed by atoms with van der Waals surface area (Å²) in [6, 6.07) is 33.4. The molecule has 1 atom stereocenters. The normalized spacial score (nSPS) is 11.4. The highest BCUT2D eigenvalue weighted by atomic mass is 35.5. The van der Waals surface area contributed by atoms with Gasteiger partial charge in [0, 0.05) is 30.1 Å². The maximum Gasteiger partial charge on any atom is 0.247 e. The topological polar surface area (TPSA) is 58.6 Å². The van der Waals surface area contributed by atoms with Crippen LogP contribution in [0.3, 0.4) is 0 Å². The molecule has 38 heavy (non-hydrogen) atoms. The second-order valence-corrected chi connectivity index (χ2v) is 9.41. The van der Waals surface area contributed by atoms with E-state index in [0.717, 1.165) is 22.3 Å². The molecule has 0 bridgehead atoms. The molecule has 0 aromatic heterocycles. The molecule has 0 aliphatic heterocycles. The van der Waals surface area contributed by atoms with Crippen LogP contribution in [0.4, 0.5) is 0 Å². The Balaban J connectivity index is 1.63. The third kappa shape index (κ3) is 7.24. The number of nitrogens with one attached hydrogen (secondary N) is 1. The maximum atomic E-state index is 13.8. The summed E-state index contributed by atoms with van der Waals surface area (Å²) < 4.78 is 5.44. The molecule has 0 aliphatic carbocycles. The van der Waals surface area contributed by atoms with Crippen molar-refractivity contribution in [3.05, 3.63) is 136 Å². The van der Waals surface area contributed by atoms with Gasteiger partial charge in [0.1, 0.15) is 11.8 Å². The minimum Gasteiger partial charge on any atom is -0.496 e. The second-order valence-electron chi connectivity index (χ2n) is 8.98. The fourth-order valence-electron chi connectivity index (χ4n) is 4.39. The summed E-state index contributed by atoms with van der Waals surface area (Å²) in [6.45, 7) is 0.547. The zero-order chi connectivity index (χ0) is 26.7. The molecule has 6 heteroatoms. The highest BCUT2D eigenvalue weighted by molar-refractivity contribution is 6.30. The zero-order valence-corrected chi connectivity index (χ0v) is 22.1. The molecule has 4 aromatic rings. The number of carbonyl (C=O) groups excluding carboxylic acids is 2. The van der Waals surface area contributed by atoms with Crippen LogP contribution >= 0.6 is 11.6 Å². The third-order valence-corrected chi connectivity index (χ3v) is 6.63. The molecule has 5 nitrogen and oxygen atoms in total. The number of halogens is 1. The van der Waals surface area contributed by atoms with E-state index in [-0.39, 0.29) is 31.3 Å². The first-order valence-corrected chi connectivity index (χ1v) is 13.0. The van der Waals surface area contributed by atoms with Crippen LogP contribution in [0.1, 0.15) is 34.7 Å². The van der Waals surface area contributed by atoms with E-state index in [1.165, 1.54) is 0 Å². The van der Waals surface area contributed by atoms with E-state index in [1.807, 2.05) is 97.1 Å². The van der Waals surface area contributed by atoms with E-state index >= 15 is 0 Å². The van der Waals surface area contributed by atoms with Gasteiger partial charge in [0.15, 0.2) is 0 Å². The Labute approximate surface area is 229 Å². The number of methoxy groups -OCH3 is 1. The van der Waals surface area contributed by atoms with Crippen LogP contribution in [0.2, 0.25) is 5.02 Å². The Bertz CT molecular complexity index is 1330. The number of hydrogen-bond acceptors (Lipinski definition) is 3. The molecule has 194 valence electrons. The monoisotopic (exact) mass is 526 g/mol. The lowest BCUT2D eigenvalue weighted by molar-refractivity contribution is -0.141. The van der Waals surface area contributed by atoms with Crippen molar-refractivity contribution in [3.63, 3.8) is 0 Å². The number of para-hydroxylation sites is 1. The van der Waals surface area contributed by atoms with Crippen molar-refractivity contribution in [2.24, 2.45) is 0 Å². The van der Waals surface area contributed by atoms with E-state index in [4.69, 9.17) is 16.3 Å². The van der Waals surface area contributed by atoms with Gasteiger partial charge in [-0.2, -0.15) is 0 Å². The van der Waals surface area contributed by atoms with Gasteiger partial charge in [-0.05, 0) is 41.3 Å². The first-order chi connectivity index (χ1) is 18.5. The van der Waals surface area contributed by atoms with E-state index in [2.05, 4.69) is 5.32 Å². The highest BCUT2D eigenvalue weighted by Gasteiger charge is 2.31. The number of ether oxygens (including phenoxy) is 1. The highest BCUT2D eigenvalue weighted by Crippen LogP contribution is 2.26. The molecular weight excluding hydrogens is 496 g/mol. The summed E-state index contributed by atoms with van der Waals surface area (Å²) in [4.78, 5) is 29.3. The number of hydrogen-bond donors (Lipinski definition) is 1. The predicted octanol–water partition coefficient (Wildman–Crippen LogP) is 6.37. The molecule has 0 spiro atoms. The van der Waals surface area contributed by atoms with Crippen LogP contribution in [-0.4, -0.2) is 23.8 Å². The van der Waals surface area contributed by atoms with Gasteiger partial charge in [-0.1, -0.05) is 103 Å². The van der Waals surface area contributed by atoms with E-state index in [1.54, 1.807) is 24.1 Å². The van der Waals surface area contributed by atoms with E-state index in [0.29, 0.717) is 17.2 Å². The molecule has 1 N–H and O–H groups in total. The zero-order valence-electron chi connectivity index (χ0n) is 21.3. The molecule has 4 aromatic carbocycles. The quantitative estimate of drug-likeness (QED) is 0.247. The second kappa shape index (κ2) is 13.5. The van der Waals surface area contributed by atoms with Crippen LogP contribution in [0.15, 0.2) is 109 Å². The molecule has 0 heterocycles. The summed E-state index contributed by atoms with van der Waals surface area (Å²) in [5.74, 6) is 0.329. The molecule has 0 aliphatic rings. The molecule has 0 radical (unpaired) electrons. The van der Waals surface area contributed by atoms with E-state index in [9.17, 15) is 9.59 Å². The van der Waals surface area contributed by atoms with Crippen molar-refractivity contribution in [2.45, 2.75) is 32.0 Å². The summed E-state index contributed by atoms with van der Waals surface area (Å²) in [5.41, 5.74) is 3.56. The number of amides is 2. The molecule has 0 fully saturated rings. The molecule has 0 saturated carbocycles. The van der Waals surface area contributed by atoms with Crippen molar-refractivity contribution < 1.29 is 14.3 Å². The Morgan fingerprint density at radius 2 is 1.45 bits per heavy atom. The lowest BCUT2D eigenvalue weighted by Gasteiger charge is -2.32. The number of nitrogens with zero attached hydrogens (tertiary/aromatic N) is 1. The average Bonchev–Trinajstić information content (AvgIpc) is 2.96. The first-order valence-electron chi connectivity index (χ1n) is 12.6. The maximum absolute atomic E-state index is 13.8. The first kappa shape index (κ1) is 27.0. The van der Waals surface area contributed by atoms with Gasteiger partial charge < -0.3 is 15.0 Å². The van der Waals surface area contributed by atoms with Crippen LogP contribution < -0.4 is 10.1 Å². The fraction of sp³-hybridized carbons (Fsp3) is 0.188. The number of benzene rings is 4. The number of carbonyl (C=O) groups is 2. The van der Waals surface area contributed by atoms with Crippen molar-refractivity contribution in [1.82, 2.24) is 10.2 Å². The van der Waals surface area contributed by atoms with Crippen LogP contribution in [-0.2, 0) is 29.1 Å². The van der Waals surface area contributed by atoms with Crippen molar-refractivity contribution in [2.75, 3.05) is 7.11 Å². The Morgan fingerprint density at radius 3 is 2.13 bits per heavy atom. The molecule has 0 unspecified atom stereocenters. The van der Waals surface area contributed by atoms with Crippen molar-refractivity contribution in [3.8, 4) is 5.75 Å². The van der Waals surface area contributed by atoms with Crippen LogP contribution in [0, 0.1) is 0 Å². The van der Waals surface area contributed by atoms with Gasteiger partial charge in [0.25, 0.3) is 0 Å². The van der Waals surface area contributed by atoms with Crippen LogP contribution in [0.25, 0.3) is 0 Å². The minimum atomic E-state index is -0.815. The SMILES string of the molecule is COc1ccccc1CNC(=O)[C@@H](c1ccccc1)N(Cc1ccc(Cl)cc1)C(=O)CCc1ccccc1. The van der Waals surface area contributed by atoms with Crippen LogP contribution in [0.5, 0.6) is 5.75 Å². The molecule has 4 rings (SSSR count). The largest absolute Gasteiger partial charge is 0.496 e. The van der Waals surface area contributed by atoms with Gasteiger partial charge in [-0.15, -0.1) is 0 Å². The van der Waals surface area contributed by atoms with E-state index < -0.39 is 6.04 Å². The minimum absolute atomic E-state index is 0.106. The van der Waals surface area contributed by atoms with Gasteiger partial charge in [0.2, 0.25) is 11.8 Å². The Hall–Kier alpha value is -4.09. The molecule has 2 amide bonds. The third-order valence-electron chi connectivity index (χ3n) is 6.38. The van der Waals surface area contributed by atoms with Gasteiger partial charge in [0.05, 0.1) is 7.11 Å². The lowest BCUT2D eigenvalue weighted by Crippen LogP contribution is -2.43. The smallest absolute Gasteiger partial charge is 0.247 e.